The van der Waals surface area contributed by atoms with E-state index in [9.17, 15) is 19.8 Å². The Labute approximate surface area is 428 Å². The van der Waals surface area contributed by atoms with Crippen LogP contribution in [0.1, 0.15) is 303 Å². The van der Waals surface area contributed by atoms with Gasteiger partial charge in [-0.05, 0) is 89.9 Å². The number of allylic oxidation sites excluding steroid dienone is 10. The Hall–Kier alpha value is -2.44. The van der Waals surface area contributed by atoms with Crippen molar-refractivity contribution in [2.75, 3.05) is 6.61 Å². The summed E-state index contributed by atoms with van der Waals surface area (Å²) < 4.78 is 5.93. The van der Waals surface area contributed by atoms with Gasteiger partial charge in [0, 0.05) is 6.42 Å². The number of hydrogen-bond acceptors (Lipinski definition) is 5. The first-order valence-corrected chi connectivity index (χ1v) is 30.0. The lowest BCUT2D eigenvalue weighted by molar-refractivity contribution is -0.151. The van der Waals surface area contributed by atoms with Crippen LogP contribution >= 0.6 is 0 Å². The summed E-state index contributed by atoms with van der Waals surface area (Å²) in [5.74, 6) is -0.547. The van der Waals surface area contributed by atoms with Gasteiger partial charge in [0.2, 0.25) is 5.91 Å². The number of hydrogen-bond donors (Lipinski definition) is 3. The van der Waals surface area contributed by atoms with E-state index >= 15 is 0 Å². The summed E-state index contributed by atoms with van der Waals surface area (Å²) in [6.45, 7) is 6.47. The average molecular weight is 967 g/mol. The number of esters is 1. The predicted octanol–water partition coefficient (Wildman–Crippen LogP) is 18.7. The zero-order valence-electron chi connectivity index (χ0n) is 45.9. The molecule has 0 rings (SSSR count). The largest absolute Gasteiger partial charge is 0.462 e. The maximum atomic E-state index is 13.3. The first kappa shape index (κ1) is 66.6. The standard InChI is InChI=1S/C63H115NO5/c1-4-7-10-13-16-19-22-25-28-31-34-37-40-43-46-49-52-55-61(66)60(58-65)64-62(67)57-59(54-51-48-45-42-39-36-33-30-27-24-21-18-15-12-9-6-3)69-63(68)56-53-50-47-44-41-38-35-32-29-26-23-20-17-14-11-8-5-2/h17,20,26,29,35-36,38-39,44,47,59-61,65-66H,4-16,18-19,21-25,27-28,30-34,37,40-43,45-46,48-58H2,1-3H3,(H,64,67)/b20-17-,29-26-,38-35-,39-36+,47-44-. The molecule has 0 radical (unpaired) electrons. The van der Waals surface area contributed by atoms with E-state index in [2.05, 4.69) is 86.8 Å². The van der Waals surface area contributed by atoms with Gasteiger partial charge in [0.25, 0.3) is 0 Å². The lowest BCUT2D eigenvalue weighted by Gasteiger charge is -2.24. The Morgan fingerprint density at radius 2 is 0.739 bits per heavy atom. The van der Waals surface area contributed by atoms with Crippen molar-refractivity contribution in [2.45, 2.75) is 322 Å². The molecule has 0 fully saturated rings. The van der Waals surface area contributed by atoms with Gasteiger partial charge in [0.05, 0.1) is 25.2 Å². The van der Waals surface area contributed by atoms with E-state index in [1.165, 1.54) is 173 Å². The molecule has 6 heteroatoms. The van der Waals surface area contributed by atoms with Crippen molar-refractivity contribution in [2.24, 2.45) is 0 Å². The van der Waals surface area contributed by atoms with Gasteiger partial charge < -0.3 is 20.3 Å². The van der Waals surface area contributed by atoms with Crippen LogP contribution in [0.5, 0.6) is 0 Å². The highest BCUT2D eigenvalue weighted by atomic mass is 16.5. The Morgan fingerprint density at radius 3 is 1.17 bits per heavy atom. The van der Waals surface area contributed by atoms with E-state index in [4.69, 9.17) is 4.74 Å². The van der Waals surface area contributed by atoms with E-state index in [1.54, 1.807) is 0 Å². The molecule has 0 aromatic heterocycles. The second-order valence-corrected chi connectivity index (χ2v) is 20.4. The van der Waals surface area contributed by atoms with Gasteiger partial charge >= 0.3 is 5.97 Å². The lowest BCUT2D eigenvalue weighted by atomic mass is 10.0. The van der Waals surface area contributed by atoms with Crippen LogP contribution in [0, 0.1) is 0 Å². The highest BCUT2D eigenvalue weighted by molar-refractivity contribution is 5.77. The van der Waals surface area contributed by atoms with Crippen molar-refractivity contribution < 1.29 is 24.5 Å². The van der Waals surface area contributed by atoms with E-state index in [0.717, 1.165) is 77.0 Å². The molecule has 0 spiro atoms. The van der Waals surface area contributed by atoms with E-state index in [0.29, 0.717) is 25.7 Å². The molecule has 402 valence electrons. The monoisotopic (exact) mass is 966 g/mol. The van der Waals surface area contributed by atoms with Crippen LogP contribution in [0.2, 0.25) is 0 Å². The molecule has 0 aromatic carbocycles. The fourth-order valence-electron chi connectivity index (χ4n) is 9.01. The lowest BCUT2D eigenvalue weighted by Crippen LogP contribution is -2.46. The van der Waals surface area contributed by atoms with Crippen LogP contribution in [-0.4, -0.2) is 46.9 Å². The number of ether oxygens (including phenoxy) is 1. The maximum absolute atomic E-state index is 13.3. The summed E-state index contributed by atoms with van der Waals surface area (Å²) in [7, 11) is 0. The van der Waals surface area contributed by atoms with Gasteiger partial charge in [-0.15, -0.1) is 0 Å². The molecule has 3 unspecified atom stereocenters. The summed E-state index contributed by atoms with van der Waals surface area (Å²) in [5.41, 5.74) is 0. The third-order valence-corrected chi connectivity index (χ3v) is 13.6. The average Bonchev–Trinajstić information content (AvgIpc) is 3.34. The number of aliphatic hydroxyl groups excluding tert-OH is 2. The number of carbonyl (C=O) groups is 2. The fraction of sp³-hybridized carbons (Fsp3) is 0.810. The SMILES string of the molecule is CCCCC/C=C\C/C=C\C/C=C\C/C=C\CCCC(=O)OC(CCCCC/C=C/CCCCCCCCCCC)CC(=O)NC(CO)C(O)CCCCCCCCCCCCCCCCCCC. The van der Waals surface area contributed by atoms with Crippen molar-refractivity contribution >= 4 is 11.9 Å². The summed E-state index contributed by atoms with van der Waals surface area (Å²) in [5, 5.41) is 23.9. The van der Waals surface area contributed by atoms with Crippen LogP contribution < -0.4 is 5.32 Å². The second-order valence-electron chi connectivity index (χ2n) is 20.4. The molecule has 0 aliphatic carbocycles. The minimum atomic E-state index is -0.803. The molecule has 0 aliphatic heterocycles. The van der Waals surface area contributed by atoms with Gasteiger partial charge in [-0.25, -0.2) is 0 Å². The predicted molar refractivity (Wildman–Crippen MR) is 301 cm³/mol. The van der Waals surface area contributed by atoms with Crippen LogP contribution in [0.3, 0.4) is 0 Å². The molecule has 1 amide bonds. The maximum Gasteiger partial charge on any atom is 0.306 e. The number of carbonyl (C=O) groups excluding carboxylic acids is 2. The zero-order valence-corrected chi connectivity index (χ0v) is 45.9. The Morgan fingerprint density at radius 1 is 0.420 bits per heavy atom. The molecule has 0 saturated carbocycles. The van der Waals surface area contributed by atoms with E-state index < -0.39 is 18.2 Å². The summed E-state index contributed by atoms with van der Waals surface area (Å²) >= 11 is 0. The van der Waals surface area contributed by atoms with Gasteiger partial charge in [-0.1, -0.05) is 261 Å². The van der Waals surface area contributed by atoms with Crippen LogP contribution in [-0.2, 0) is 14.3 Å². The number of amides is 1. The van der Waals surface area contributed by atoms with Gasteiger partial charge in [-0.2, -0.15) is 0 Å². The van der Waals surface area contributed by atoms with Gasteiger partial charge in [-0.3, -0.25) is 9.59 Å². The first-order chi connectivity index (χ1) is 34.0. The molecule has 69 heavy (non-hydrogen) atoms. The molecule has 6 nitrogen and oxygen atoms in total. The number of rotatable bonds is 54. The zero-order chi connectivity index (χ0) is 50.2. The van der Waals surface area contributed by atoms with Crippen LogP contribution in [0.15, 0.2) is 60.8 Å². The third kappa shape index (κ3) is 51.7. The first-order valence-electron chi connectivity index (χ1n) is 30.0. The molecule has 0 saturated heterocycles. The molecule has 0 aromatic rings. The Bertz CT molecular complexity index is 1220. The van der Waals surface area contributed by atoms with Crippen molar-refractivity contribution in [3.63, 3.8) is 0 Å². The van der Waals surface area contributed by atoms with Crippen molar-refractivity contribution in [1.29, 1.82) is 0 Å². The fourth-order valence-corrected chi connectivity index (χ4v) is 9.01. The van der Waals surface area contributed by atoms with Gasteiger partial charge in [0.15, 0.2) is 0 Å². The van der Waals surface area contributed by atoms with Crippen molar-refractivity contribution in [1.82, 2.24) is 5.32 Å². The second kappa shape index (κ2) is 56.5. The molecule has 3 atom stereocenters. The van der Waals surface area contributed by atoms with Crippen LogP contribution in [0.25, 0.3) is 0 Å². The summed E-state index contributed by atoms with van der Waals surface area (Å²) in [4.78, 5) is 26.3. The molecular formula is C63H115NO5. The van der Waals surface area contributed by atoms with Gasteiger partial charge in [0.1, 0.15) is 6.10 Å². The van der Waals surface area contributed by atoms with Crippen LogP contribution in [0.4, 0.5) is 0 Å². The Balaban J connectivity index is 4.63. The summed E-state index contributed by atoms with van der Waals surface area (Å²) in [6, 6.07) is -0.720. The molecule has 0 aliphatic rings. The number of aliphatic hydroxyl groups is 2. The van der Waals surface area contributed by atoms with Crippen molar-refractivity contribution in [3.8, 4) is 0 Å². The molecular weight excluding hydrogens is 851 g/mol. The minimum absolute atomic E-state index is 0.0455. The number of nitrogens with one attached hydrogen (secondary N) is 1. The third-order valence-electron chi connectivity index (χ3n) is 13.6. The minimum Gasteiger partial charge on any atom is -0.462 e. The normalized spacial score (nSPS) is 13.5. The highest BCUT2D eigenvalue weighted by Crippen LogP contribution is 2.18. The Kier molecular flexibility index (Phi) is 54.5. The topological polar surface area (TPSA) is 95.9 Å². The summed E-state index contributed by atoms with van der Waals surface area (Å²) in [6.07, 6.45) is 71.5. The van der Waals surface area contributed by atoms with Crippen molar-refractivity contribution in [3.05, 3.63) is 60.8 Å². The number of unbranched alkanes of at least 4 members (excludes halogenated alkanes) is 32. The molecule has 0 bridgehead atoms. The quantitative estimate of drug-likeness (QED) is 0.0321. The van der Waals surface area contributed by atoms with E-state index in [1.807, 2.05) is 0 Å². The highest BCUT2D eigenvalue weighted by Gasteiger charge is 2.24. The molecule has 3 N–H and O–H groups in total. The molecule has 0 heterocycles. The smallest absolute Gasteiger partial charge is 0.306 e. The van der Waals surface area contributed by atoms with E-state index in [-0.39, 0.29) is 24.9 Å².